The van der Waals surface area contributed by atoms with Crippen LogP contribution in [0.15, 0.2) is 78.9 Å². The average molecular weight is 301 g/mol. The van der Waals surface area contributed by atoms with Crippen molar-refractivity contribution in [3.63, 3.8) is 0 Å². The van der Waals surface area contributed by atoms with Crippen molar-refractivity contribution in [1.82, 2.24) is 0 Å². The van der Waals surface area contributed by atoms with Gasteiger partial charge < -0.3 is 4.90 Å². The summed E-state index contributed by atoms with van der Waals surface area (Å²) in [7, 11) is 0. The standard InChI is InChI=1S/C22H23N/c1-17(2)23(21-14-12-18(3)13-15-21)22-11-7-10-20(16-22)19-8-5-4-6-9-19/h4-17H,1-3H3. The molecule has 0 radical (unpaired) electrons. The Morgan fingerprint density at radius 3 is 1.96 bits per heavy atom. The molecule has 0 atom stereocenters. The van der Waals surface area contributed by atoms with E-state index in [0.29, 0.717) is 6.04 Å². The van der Waals surface area contributed by atoms with Crippen LogP contribution >= 0.6 is 0 Å². The molecule has 0 amide bonds. The molecule has 0 saturated heterocycles. The Morgan fingerprint density at radius 2 is 1.30 bits per heavy atom. The highest BCUT2D eigenvalue weighted by atomic mass is 15.2. The second kappa shape index (κ2) is 6.70. The fourth-order valence-corrected chi connectivity index (χ4v) is 2.92. The molecule has 3 aromatic carbocycles. The molecule has 0 bridgehead atoms. The van der Waals surface area contributed by atoms with Crippen molar-refractivity contribution in [1.29, 1.82) is 0 Å². The Morgan fingerprint density at radius 1 is 0.652 bits per heavy atom. The summed E-state index contributed by atoms with van der Waals surface area (Å²) in [6.45, 7) is 6.59. The quantitative estimate of drug-likeness (QED) is 0.554. The van der Waals surface area contributed by atoms with Crippen molar-refractivity contribution in [2.24, 2.45) is 0 Å². The van der Waals surface area contributed by atoms with Gasteiger partial charge in [-0.15, -0.1) is 0 Å². The van der Waals surface area contributed by atoms with Gasteiger partial charge in [-0.2, -0.15) is 0 Å². The highest BCUT2D eigenvalue weighted by Gasteiger charge is 2.13. The molecule has 0 aliphatic rings. The number of nitrogens with zero attached hydrogens (tertiary/aromatic N) is 1. The maximum Gasteiger partial charge on any atom is 0.0419 e. The van der Waals surface area contributed by atoms with E-state index in [1.807, 2.05) is 0 Å². The van der Waals surface area contributed by atoms with E-state index in [1.54, 1.807) is 0 Å². The Kier molecular flexibility index (Phi) is 4.47. The molecule has 1 nitrogen and oxygen atoms in total. The first kappa shape index (κ1) is 15.4. The van der Waals surface area contributed by atoms with Crippen molar-refractivity contribution in [3.8, 4) is 11.1 Å². The molecule has 0 unspecified atom stereocenters. The summed E-state index contributed by atoms with van der Waals surface area (Å²) in [6, 6.07) is 28.4. The second-order valence-corrected chi connectivity index (χ2v) is 6.22. The zero-order valence-electron chi connectivity index (χ0n) is 14.0. The number of anilines is 2. The molecule has 0 N–H and O–H groups in total. The van der Waals surface area contributed by atoms with E-state index in [0.717, 1.165) is 0 Å². The van der Waals surface area contributed by atoms with Gasteiger partial charge in [0.2, 0.25) is 0 Å². The molecular formula is C22H23N. The van der Waals surface area contributed by atoms with Crippen LogP contribution in [0.25, 0.3) is 11.1 Å². The minimum atomic E-state index is 0.392. The van der Waals surface area contributed by atoms with E-state index in [9.17, 15) is 0 Å². The Balaban J connectivity index is 2.02. The van der Waals surface area contributed by atoms with E-state index in [4.69, 9.17) is 0 Å². The van der Waals surface area contributed by atoms with Crippen LogP contribution in [0.5, 0.6) is 0 Å². The molecule has 0 aromatic heterocycles. The molecule has 3 aromatic rings. The van der Waals surface area contributed by atoms with E-state index >= 15 is 0 Å². The largest absolute Gasteiger partial charge is 0.339 e. The summed E-state index contributed by atoms with van der Waals surface area (Å²) in [5.41, 5.74) is 6.25. The first-order valence-corrected chi connectivity index (χ1v) is 8.16. The second-order valence-electron chi connectivity index (χ2n) is 6.22. The van der Waals surface area contributed by atoms with Crippen molar-refractivity contribution in [3.05, 3.63) is 84.4 Å². The number of hydrogen-bond donors (Lipinski definition) is 0. The number of rotatable bonds is 4. The number of hydrogen-bond acceptors (Lipinski definition) is 1. The van der Waals surface area contributed by atoms with Gasteiger partial charge in [0, 0.05) is 17.4 Å². The van der Waals surface area contributed by atoms with Crippen molar-refractivity contribution in [2.45, 2.75) is 26.8 Å². The maximum atomic E-state index is 2.38. The lowest BCUT2D eigenvalue weighted by atomic mass is 10.0. The normalized spacial score (nSPS) is 10.8. The van der Waals surface area contributed by atoms with Crippen LogP contribution in [0.2, 0.25) is 0 Å². The fourth-order valence-electron chi connectivity index (χ4n) is 2.92. The van der Waals surface area contributed by atoms with Crippen LogP contribution in [0.3, 0.4) is 0 Å². The summed E-state index contributed by atoms with van der Waals surface area (Å²) in [5.74, 6) is 0. The van der Waals surface area contributed by atoms with Gasteiger partial charge in [0.05, 0.1) is 0 Å². The highest BCUT2D eigenvalue weighted by Crippen LogP contribution is 2.31. The molecule has 3 rings (SSSR count). The molecule has 23 heavy (non-hydrogen) atoms. The van der Waals surface area contributed by atoms with Crippen LogP contribution in [-0.4, -0.2) is 6.04 Å². The van der Waals surface area contributed by atoms with Crippen LogP contribution in [0.1, 0.15) is 19.4 Å². The molecule has 0 saturated carbocycles. The van der Waals surface area contributed by atoms with E-state index in [2.05, 4.69) is 105 Å². The zero-order chi connectivity index (χ0) is 16.2. The van der Waals surface area contributed by atoms with Crippen LogP contribution in [0, 0.1) is 6.92 Å². The lowest BCUT2D eigenvalue weighted by Crippen LogP contribution is -2.25. The lowest BCUT2D eigenvalue weighted by molar-refractivity contribution is 0.789. The van der Waals surface area contributed by atoms with Gasteiger partial charge in [0.25, 0.3) is 0 Å². The zero-order valence-corrected chi connectivity index (χ0v) is 14.0. The molecule has 0 spiro atoms. The Labute approximate surface area is 139 Å². The molecule has 0 fully saturated rings. The SMILES string of the molecule is Cc1ccc(N(c2cccc(-c3ccccc3)c2)C(C)C)cc1. The van der Waals surface area contributed by atoms with Crippen molar-refractivity contribution >= 4 is 11.4 Å². The molecule has 0 heterocycles. The van der Waals surface area contributed by atoms with Gasteiger partial charge in [0.15, 0.2) is 0 Å². The Hall–Kier alpha value is -2.54. The number of benzene rings is 3. The van der Waals surface area contributed by atoms with Crippen molar-refractivity contribution < 1.29 is 0 Å². The Bertz CT molecular complexity index is 757. The summed E-state index contributed by atoms with van der Waals surface area (Å²) in [4.78, 5) is 2.38. The van der Waals surface area contributed by atoms with Gasteiger partial charge in [-0.3, -0.25) is 0 Å². The minimum Gasteiger partial charge on any atom is -0.339 e. The third-order valence-corrected chi connectivity index (χ3v) is 4.06. The molecule has 0 aliphatic carbocycles. The average Bonchev–Trinajstić information content (AvgIpc) is 2.58. The van der Waals surface area contributed by atoms with E-state index < -0.39 is 0 Å². The topological polar surface area (TPSA) is 3.24 Å². The fraction of sp³-hybridized carbons (Fsp3) is 0.182. The summed E-state index contributed by atoms with van der Waals surface area (Å²) in [6.07, 6.45) is 0. The summed E-state index contributed by atoms with van der Waals surface area (Å²) < 4.78 is 0. The smallest absolute Gasteiger partial charge is 0.0419 e. The van der Waals surface area contributed by atoms with Crippen LogP contribution < -0.4 is 4.90 Å². The monoisotopic (exact) mass is 301 g/mol. The predicted octanol–water partition coefficient (Wildman–Crippen LogP) is 6.21. The van der Waals surface area contributed by atoms with Crippen LogP contribution in [-0.2, 0) is 0 Å². The summed E-state index contributed by atoms with van der Waals surface area (Å²) >= 11 is 0. The highest BCUT2D eigenvalue weighted by molar-refractivity contribution is 5.72. The van der Waals surface area contributed by atoms with E-state index in [1.165, 1.54) is 28.1 Å². The van der Waals surface area contributed by atoms with Gasteiger partial charge in [-0.1, -0.05) is 60.2 Å². The summed E-state index contributed by atoms with van der Waals surface area (Å²) in [5, 5.41) is 0. The van der Waals surface area contributed by atoms with Crippen molar-refractivity contribution in [2.75, 3.05) is 4.90 Å². The molecular weight excluding hydrogens is 278 g/mol. The van der Waals surface area contributed by atoms with Gasteiger partial charge >= 0.3 is 0 Å². The third-order valence-electron chi connectivity index (χ3n) is 4.06. The maximum absolute atomic E-state index is 2.38. The minimum absolute atomic E-state index is 0.392. The lowest BCUT2D eigenvalue weighted by Gasteiger charge is -2.29. The molecule has 0 aliphatic heterocycles. The first-order valence-electron chi connectivity index (χ1n) is 8.16. The third kappa shape index (κ3) is 3.45. The van der Waals surface area contributed by atoms with Crippen LogP contribution in [0.4, 0.5) is 11.4 Å². The molecule has 1 heteroatoms. The molecule has 116 valence electrons. The number of aryl methyl sites for hydroxylation is 1. The van der Waals surface area contributed by atoms with Gasteiger partial charge in [-0.25, -0.2) is 0 Å². The first-order chi connectivity index (χ1) is 11.1. The van der Waals surface area contributed by atoms with Gasteiger partial charge in [-0.05, 0) is 56.2 Å². The van der Waals surface area contributed by atoms with E-state index in [-0.39, 0.29) is 0 Å². The predicted molar refractivity (Wildman–Crippen MR) is 100 cm³/mol. The van der Waals surface area contributed by atoms with Gasteiger partial charge in [0.1, 0.15) is 0 Å².